The molecule has 1 atom stereocenters. The van der Waals surface area contributed by atoms with Gasteiger partial charge in [0.25, 0.3) is 5.91 Å². The van der Waals surface area contributed by atoms with Gasteiger partial charge in [-0.25, -0.2) is 0 Å². The van der Waals surface area contributed by atoms with Gasteiger partial charge in [-0.15, -0.1) is 11.3 Å². The number of amides is 1. The molecule has 1 N–H and O–H groups in total. The van der Waals surface area contributed by atoms with Crippen LogP contribution in [0.1, 0.15) is 36.0 Å². The molecule has 6 rings (SSSR count). The van der Waals surface area contributed by atoms with Crippen molar-refractivity contribution >= 4 is 34.6 Å². The van der Waals surface area contributed by atoms with Gasteiger partial charge in [0.15, 0.2) is 5.71 Å². The van der Waals surface area contributed by atoms with Gasteiger partial charge in [0.1, 0.15) is 12.4 Å². The van der Waals surface area contributed by atoms with Crippen LogP contribution in [-0.4, -0.2) is 48.3 Å². The number of hydrogen-bond acceptors (Lipinski definition) is 6. The largest absolute Gasteiger partial charge is 0.490 e. The van der Waals surface area contributed by atoms with Gasteiger partial charge in [-0.3, -0.25) is 4.79 Å². The Hall–Kier alpha value is -2.87. The van der Waals surface area contributed by atoms with Crippen LogP contribution >= 0.6 is 22.9 Å². The molecule has 1 aromatic heterocycles. The summed E-state index contributed by atoms with van der Waals surface area (Å²) < 4.78 is 6.63. The zero-order valence-electron chi connectivity index (χ0n) is 19.9. The maximum absolute atomic E-state index is 13.4. The number of carbonyl (C=O) groups excluding carboxylic acids is 1. The molecule has 8 heteroatoms. The molecule has 3 heterocycles. The number of rotatable bonds is 9. The third-order valence-corrected chi connectivity index (χ3v) is 8.08. The molecule has 1 saturated heterocycles. The maximum atomic E-state index is 13.4. The van der Waals surface area contributed by atoms with E-state index in [4.69, 9.17) is 21.2 Å². The Kier molecular flexibility index (Phi) is 6.69. The Morgan fingerprint density at radius 3 is 2.69 bits per heavy atom. The molecule has 1 aliphatic carbocycles. The fourth-order valence-electron chi connectivity index (χ4n) is 4.60. The van der Waals surface area contributed by atoms with Crippen LogP contribution in [0.5, 0.6) is 5.75 Å². The van der Waals surface area contributed by atoms with E-state index in [0.29, 0.717) is 18.4 Å². The van der Waals surface area contributed by atoms with Gasteiger partial charge in [0.05, 0.1) is 10.4 Å². The first kappa shape index (κ1) is 23.5. The van der Waals surface area contributed by atoms with Crippen molar-refractivity contribution in [2.45, 2.75) is 44.4 Å². The first-order valence-electron chi connectivity index (χ1n) is 12.5. The van der Waals surface area contributed by atoms with E-state index in [1.807, 2.05) is 36.4 Å². The molecule has 0 bridgehead atoms. The lowest BCUT2D eigenvalue weighted by Gasteiger charge is -2.34. The summed E-state index contributed by atoms with van der Waals surface area (Å²) in [5, 5.41) is 7.40. The minimum Gasteiger partial charge on any atom is -0.490 e. The number of ether oxygens (including phenoxy) is 1. The van der Waals surface area contributed by atoms with Gasteiger partial charge in [0.2, 0.25) is 0 Å². The second kappa shape index (κ2) is 10.2. The molecule has 0 unspecified atom stereocenters. The number of likely N-dealkylation sites (tertiary alicyclic amines) is 1. The number of thiophene rings is 1. The van der Waals surface area contributed by atoms with Crippen molar-refractivity contribution in [1.29, 1.82) is 0 Å². The van der Waals surface area contributed by atoms with E-state index < -0.39 is 0 Å². The molecule has 3 aliphatic rings. The van der Waals surface area contributed by atoms with E-state index >= 15 is 0 Å². The molecule has 2 aromatic carbocycles. The molecule has 2 fully saturated rings. The number of carbonyl (C=O) groups is 1. The van der Waals surface area contributed by atoms with Crippen molar-refractivity contribution in [3.8, 4) is 16.2 Å². The molecule has 2 aliphatic heterocycles. The monoisotopic (exact) mass is 521 g/mol. The number of hydrogen-bond donors (Lipinski definition) is 1. The van der Waals surface area contributed by atoms with Gasteiger partial charge < -0.3 is 19.8 Å². The number of halogens is 1. The Balaban J connectivity index is 1.16. The third-order valence-electron chi connectivity index (χ3n) is 6.80. The van der Waals surface area contributed by atoms with Crippen LogP contribution in [0.2, 0.25) is 4.34 Å². The zero-order chi connectivity index (χ0) is 24.5. The number of nitrogens with one attached hydrogen (secondary N) is 1. The van der Waals surface area contributed by atoms with Gasteiger partial charge in [-0.1, -0.05) is 41.0 Å². The van der Waals surface area contributed by atoms with Crippen molar-refractivity contribution in [3.05, 3.63) is 75.6 Å². The molecule has 36 heavy (non-hydrogen) atoms. The highest BCUT2D eigenvalue weighted by atomic mass is 35.5. The highest BCUT2D eigenvalue weighted by molar-refractivity contribution is 7.19. The van der Waals surface area contributed by atoms with Crippen molar-refractivity contribution in [2.24, 2.45) is 5.16 Å². The highest BCUT2D eigenvalue weighted by Crippen LogP contribution is 2.33. The number of nitrogens with zero attached hydrogens (tertiary/aromatic N) is 2. The average Bonchev–Trinajstić information content (AvgIpc) is 3.57. The highest BCUT2D eigenvalue weighted by Gasteiger charge is 2.27. The summed E-state index contributed by atoms with van der Waals surface area (Å²) in [6.07, 6.45) is 4.62. The summed E-state index contributed by atoms with van der Waals surface area (Å²) in [4.78, 5) is 22.3. The minimum absolute atomic E-state index is 0.0337. The Morgan fingerprint density at radius 1 is 1.17 bits per heavy atom. The first-order chi connectivity index (χ1) is 17.6. The van der Waals surface area contributed by atoms with E-state index in [2.05, 4.69) is 33.6 Å². The smallest absolute Gasteiger partial charge is 0.274 e. The predicted molar refractivity (Wildman–Crippen MR) is 143 cm³/mol. The van der Waals surface area contributed by atoms with Crippen LogP contribution in [0.25, 0.3) is 10.4 Å². The lowest BCUT2D eigenvalue weighted by molar-refractivity contribution is -0.115. The summed E-state index contributed by atoms with van der Waals surface area (Å²) in [6.45, 7) is 3.29. The SMILES string of the molecule is O=C(N[C@@H](Cc1ccc(OC2CC2)cc1)CN1CCC1)C1=NOCc2cc(-c3ccc(Cl)s3)ccc21. The van der Waals surface area contributed by atoms with Crippen molar-refractivity contribution in [2.75, 3.05) is 19.6 Å². The van der Waals surface area contributed by atoms with E-state index in [1.54, 1.807) is 0 Å². The normalized spacial score (nSPS) is 17.9. The second-order valence-electron chi connectivity index (χ2n) is 9.68. The minimum atomic E-state index is -0.206. The Bertz CT molecular complexity index is 1280. The second-order valence-corrected chi connectivity index (χ2v) is 11.4. The molecule has 186 valence electrons. The molecule has 0 spiro atoms. The molecule has 0 radical (unpaired) electrons. The van der Waals surface area contributed by atoms with Crippen LogP contribution in [-0.2, 0) is 22.7 Å². The quantitative estimate of drug-likeness (QED) is 0.416. The predicted octanol–water partition coefficient (Wildman–Crippen LogP) is 5.28. The van der Waals surface area contributed by atoms with Gasteiger partial charge in [-0.05, 0) is 80.2 Å². The molecule has 3 aromatic rings. The van der Waals surface area contributed by atoms with Crippen molar-refractivity contribution in [1.82, 2.24) is 10.2 Å². The standard InChI is InChI=1S/C28H28ClN3O3S/c29-26-11-10-25(36-26)19-4-9-24-20(15-19)17-34-31-27(24)28(33)30-21(16-32-12-1-13-32)14-18-2-5-22(6-3-18)35-23-7-8-23/h2-6,9-11,15,21,23H,1,7-8,12-14,16-17H2,(H,30,33)/t21-/m0/s1. The van der Waals surface area contributed by atoms with Gasteiger partial charge in [-0.2, -0.15) is 0 Å². The van der Waals surface area contributed by atoms with E-state index in [0.717, 1.165) is 70.6 Å². The first-order valence-corrected chi connectivity index (χ1v) is 13.7. The molecular weight excluding hydrogens is 494 g/mol. The molecule has 1 amide bonds. The zero-order valence-corrected chi connectivity index (χ0v) is 21.5. The van der Waals surface area contributed by atoms with Crippen LogP contribution in [0.4, 0.5) is 0 Å². The summed E-state index contributed by atoms with van der Waals surface area (Å²) in [5.41, 5.74) is 4.32. The lowest BCUT2D eigenvalue weighted by Crippen LogP contribution is -2.51. The van der Waals surface area contributed by atoms with Crippen molar-refractivity contribution in [3.63, 3.8) is 0 Å². The van der Waals surface area contributed by atoms with E-state index in [1.165, 1.54) is 23.3 Å². The van der Waals surface area contributed by atoms with Crippen LogP contribution in [0, 0.1) is 0 Å². The molecule has 1 saturated carbocycles. The third kappa shape index (κ3) is 5.43. The lowest BCUT2D eigenvalue weighted by atomic mass is 9.98. The van der Waals surface area contributed by atoms with E-state index in [-0.39, 0.29) is 11.9 Å². The summed E-state index contributed by atoms with van der Waals surface area (Å²) in [5.74, 6) is 0.709. The number of oxime groups is 1. The van der Waals surface area contributed by atoms with E-state index in [9.17, 15) is 4.79 Å². The topological polar surface area (TPSA) is 63.2 Å². The fourth-order valence-corrected chi connectivity index (χ4v) is 5.64. The molecular formula is C28H28ClN3O3S. The maximum Gasteiger partial charge on any atom is 0.274 e. The summed E-state index contributed by atoms with van der Waals surface area (Å²) in [7, 11) is 0. The van der Waals surface area contributed by atoms with Crippen LogP contribution in [0.15, 0.2) is 59.8 Å². The summed E-state index contributed by atoms with van der Waals surface area (Å²) in [6, 6.07) is 18.2. The van der Waals surface area contributed by atoms with Crippen LogP contribution < -0.4 is 10.1 Å². The van der Waals surface area contributed by atoms with Gasteiger partial charge >= 0.3 is 0 Å². The fraction of sp³-hybridized carbons (Fsp3) is 0.357. The molecule has 6 nitrogen and oxygen atoms in total. The summed E-state index contributed by atoms with van der Waals surface area (Å²) >= 11 is 7.65. The van der Waals surface area contributed by atoms with Crippen molar-refractivity contribution < 1.29 is 14.4 Å². The Morgan fingerprint density at radius 2 is 2.00 bits per heavy atom. The van der Waals surface area contributed by atoms with Crippen LogP contribution in [0.3, 0.4) is 0 Å². The van der Waals surface area contributed by atoms with Gasteiger partial charge in [0, 0.05) is 28.6 Å². The Labute approximate surface area is 219 Å². The number of fused-ring (bicyclic) bond motifs is 1. The number of benzene rings is 2. The average molecular weight is 522 g/mol.